The molecule has 1 saturated heterocycles. The standard InChI is InChI=1S/C61H117NO8/c1-3-5-7-9-11-13-15-17-19-21-23-24-25-26-27-28-29-30-31-32-33-35-37-39-41-43-45-47-49-51-57(65)62-54(53-69-61-60(68)59(67)58(66)56(52-63)70-61)55(64)50-48-46-44-42-40-38-36-34-22-20-18-16-14-12-10-8-6-4-2/h40,42,48,50,54-56,58-61,63-64,66-68H,3-39,41,43-47,49,51-53H2,1-2H3,(H,62,65)/b42-40+,50-48+. The summed E-state index contributed by atoms with van der Waals surface area (Å²) in [4.78, 5) is 13.1. The van der Waals surface area contributed by atoms with E-state index in [1.54, 1.807) is 6.08 Å². The molecule has 0 radical (unpaired) electrons. The molecule has 70 heavy (non-hydrogen) atoms. The molecule has 1 fully saturated rings. The van der Waals surface area contributed by atoms with Crippen LogP contribution in [-0.2, 0) is 14.3 Å². The molecule has 414 valence electrons. The molecule has 0 bridgehead atoms. The number of aliphatic hydroxyl groups excluding tert-OH is 5. The van der Waals surface area contributed by atoms with E-state index in [4.69, 9.17) is 9.47 Å². The van der Waals surface area contributed by atoms with E-state index in [1.165, 1.54) is 244 Å². The molecule has 0 aromatic rings. The van der Waals surface area contributed by atoms with Crippen molar-refractivity contribution in [3.8, 4) is 0 Å². The fraction of sp³-hybridized carbons (Fsp3) is 0.918. The van der Waals surface area contributed by atoms with Gasteiger partial charge in [0.05, 0.1) is 25.4 Å². The van der Waals surface area contributed by atoms with Crippen LogP contribution < -0.4 is 5.32 Å². The molecule has 9 nitrogen and oxygen atoms in total. The Hall–Kier alpha value is -1.33. The summed E-state index contributed by atoms with van der Waals surface area (Å²) in [5.74, 6) is -0.180. The molecule has 0 saturated carbocycles. The molecule has 1 rings (SSSR count). The van der Waals surface area contributed by atoms with Crippen LogP contribution in [-0.4, -0.2) is 87.5 Å². The number of amides is 1. The van der Waals surface area contributed by atoms with Crippen LogP contribution in [0, 0.1) is 0 Å². The van der Waals surface area contributed by atoms with Crippen molar-refractivity contribution < 1.29 is 39.8 Å². The van der Waals surface area contributed by atoms with Crippen LogP contribution in [0.5, 0.6) is 0 Å². The molecule has 1 heterocycles. The fourth-order valence-electron chi connectivity index (χ4n) is 9.94. The number of nitrogens with one attached hydrogen (secondary N) is 1. The molecule has 0 spiro atoms. The molecule has 7 atom stereocenters. The highest BCUT2D eigenvalue weighted by molar-refractivity contribution is 5.76. The van der Waals surface area contributed by atoms with Crippen molar-refractivity contribution in [2.45, 2.75) is 346 Å². The summed E-state index contributed by atoms with van der Waals surface area (Å²) in [6.45, 7) is 3.80. The highest BCUT2D eigenvalue weighted by atomic mass is 16.7. The van der Waals surface area contributed by atoms with Gasteiger partial charge in [-0.05, 0) is 32.1 Å². The van der Waals surface area contributed by atoms with Gasteiger partial charge in [0, 0.05) is 6.42 Å². The lowest BCUT2D eigenvalue weighted by molar-refractivity contribution is -0.302. The molecular formula is C61H117NO8. The van der Waals surface area contributed by atoms with Gasteiger partial charge in [0.2, 0.25) is 5.91 Å². The van der Waals surface area contributed by atoms with Crippen molar-refractivity contribution in [1.82, 2.24) is 5.32 Å². The zero-order valence-corrected chi connectivity index (χ0v) is 46.0. The predicted octanol–water partition coefficient (Wildman–Crippen LogP) is 15.4. The van der Waals surface area contributed by atoms with Gasteiger partial charge in [0.25, 0.3) is 0 Å². The number of rotatable bonds is 53. The van der Waals surface area contributed by atoms with E-state index in [1.807, 2.05) is 6.08 Å². The predicted molar refractivity (Wildman–Crippen MR) is 295 cm³/mol. The Morgan fingerprint density at radius 1 is 0.471 bits per heavy atom. The number of unbranched alkanes of at least 4 members (excludes halogenated alkanes) is 41. The molecule has 1 aliphatic heterocycles. The van der Waals surface area contributed by atoms with E-state index in [0.717, 1.165) is 38.5 Å². The maximum atomic E-state index is 13.1. The minimum absolute atomic E-state index is 0.180. The normalized spacial score (nSPS) is 19.4. The van der Waals surface area contributed by atoms with Gasteiger partial charge in [-0.3, -0.25) is 4.79 Å². The lowest BCUT2D eigenvalue weighted by Gasteiger charge is -2.40. The van der Waals surface area contributed by atoms with E-state index in [0.29, 0.717) is 6.42 Å². The first-order valence-corrected chi connectivity index (χ1v) is 30.6. The fourth-order valence-corrected chi connectivity index (χ4v) is 9.94. The zero-order chi connectivity index (χ0) is 50.8. The third-order valence-corrected chi connectivity index (χ3v) is 14.8. The van der Waals surface area contributed by atoms with Crippen molar-refractivity contribution in [2.24, 2.45) is 0 Å². The summed E-state index contributed by atoms with van der Waals surface area (Å²) in [6.07, 6.45) is 58.4. The molecule has 0 aromatic heterocycles. The minimum atomic E-state index is -1.57. The maximum absolute atomic E-state index is 13.1. The quantitative estimate of drug-likeness (QED) is 0.0261. The average Bonchev–Trinajstić information content (AvgIpc) is 3.36. The van der Waals surface area contributed by atoms with Crippen LogP contribution in [0.4, 0.5) is 0 Å². The van der Waals surface area contributed by atoms with E-state index in [2.05, 4.69) is 31.3 Å². The first kappa shape index (κ1) is 66.7. The summed E-state index contributed by atoms with van der Waals surface area (Å²) < 4.78 is 11.3. The summed E-state index contributed by atoms with van der Waals surface area (Å²) in [6, 6.07) is -0.818. The Bertz CT molecular complexity index is 1150. The Balaban J connectivity index is 2.17. The van der Waals surface area contributed by atoms with Gasteiger partial charge in [0.1, 0.15) is 24.4 Å². The maximum Gasteiger partial charge on any atom is 0.220 e. The van der Waals surface area contributed by atoms with Crippen molar-refractivity contribution >= 4 is 5.91 Å². The third kappa shape index (κ3) is 40.1. The second-order valence-corrected chi connectivity index (χ2v) is 21.5. The summed E-state index contributed by atoms with van der Waals surface area (Å²) in [5, 5.41) is 54.5. The van der Waals surface area contributed by atoms with E-state index in [9.17, 15) is 30.3 Å². The van der Waals surface area contributed by atoms with Gasteiger partial charge in [-0.25, -0.2) is 0 Å². The molecule has 0 aromatic carbocycles. The van der Waals surface area contributed by atoms with Crippen LogP contribution in [0.1, 0.15) is 303 Å². The number of hydrogen-bond donors (Lipinski definition) is 6. The molecule has 6 N–H and O–H groups in total. The summed E-state index contributed by atoms with van der Waals surface area (Å²) in [7, 11) is 0. The highest BCUT2D eigenvalue weighted by Crippen LogP contribution is 2.23. The SMILES string of the molecule is CCCCCCCCCCCCCC/C=C/CC/C=C/C(O)C(COC1OC(CO)C(O)C(O)C1O)NC(=O)CCCCCCCCCCCCCCCCCCCCCCCCCCCCCCC. The molecule has 7 unspecified atom stereocenters. The monoisotopic (exact) mass is 992 g/mol. The Morgan fingerprint density at radius 2 is 0.814 bits per heavy atom. The van der Waals surface area contributed by atoms with Crippen LogP contribution in [0.15, 0.2) is 24.3 Å². The van der Waals surface area contributed by atoms with Crippen molar-refractivity contribution in [3.63, 3.8) is 0 Å². The van der Waals surface area contributed by atoms with Gasteiger partial charge in [-0.15, -0.1) is 0 Å². The van der Waals surface area contributed by atoms with Gasteiger partial charge in [-0.1, -0.05) is 289 Å². The van der Waals surface area contributed by atoms with Gasteiger partial charge >= 0.3 is 0 Å². The molecule has 9 heteroatoms. The van der Waals surface area contributed by atoms with Gasteiger partial charge in [-0.2, -0.15) is 0 Å². The lowest BCUT2D eigenvalue weighted by Crippen LogP contribution is -2.60. The van der Waals surface area contributed by atoms with Crippen molar-refractivity contribution in [3.05, 3.63) is 24.3 Å². The van der Waals surface area contributed by atoms with Crippen molar-refractivity contribution in [2.75, 3.05) is 13.2 Å². The summed E-state index contributed by atoms with van der Waals surface area (Å²) in [5.41, 5.74) is 0. The van der Waals surface area contributed by atoms with Crippen molar-refractivity contribution in [1.29, 1.82) is 0 Å². The first-order chi connectivity index (χ1) is 34.3. The molecule has 1 aliphatic rings. The third-order valence-electron chi connectivity index (χ3n) is 14.8. The Morgan fingerprint density at radius 3 is 1.20 bits per heavy atom. The number of hydrogen-bond acceptors (Lipinski definition) is 8. The topological polar surface area (TPSA) is 149 Å². The molecule has 0 aliphatic carbocycles. The first-order valence-electron chi connectivity index (χ1n) is 30.6. The number of ether oxygens (including phenoxy) is 2. The Kier molecular flexibility index (Phi) is 48.7. The smallest absolute Gasteiger partial charge is 0.220 e. The average molecular weight is 993 g/mol. The minimum Gasteiger partial charge on any atom is -0.394 e. The summed E-state index contributed by atoms with van der Waals surface area (Å²) >= 11 is 0. The van der Waals surface area contributed by atoms with E-state index >= 15 is 0 Å². The largest absolute Gasteiger partial charge is 0.394 e. The van der Waals surface area contributed by atoms with Crippen LogP contribution in [0.2, 0.25) is 0 Å². The number of carbonyl (C=O) groups is 1. The Labute approximate surface area is 432 Å². The number of aliphatic hydroxyl groups is 5. The van der Waals surface area contributed by atoms with Crippen LogP contribution in [0.3, 0.4) is 0 Å². The molecule has 1 amide bonds. The second kappa shape index (κ2) is 51.2. The number of carbonyl (C=O) groups excluding carboxylic acids is 1. The zero-order valence-electron chi connectivity index (χ0n) is 46.0. The lowest BCUT2D eigenvalue weighted by atomic mass is 9.99. The van der Waals surface area contributed by atoms with Crippen LogP contribution >= 0.6 is 0 Å². The van der Waals surface area contributed by atoms with Gasteiger partial charge in [0.15, 0.2) is 6.29 Å². The van der Waals surface area contributed by atoms with E-state index in [-0.39, 0.29) is 12.5 Å². The highest BCUT2D eigenvalue weighted by Gasteiger charge is 2.44. The van der Waals surface area contributed by atoms with Crippen LogP contribution in [0.25, 0.3) is 0 Å². The van der Waals surface area contributed by atoms with E-state index < -0.39 is 49.5 Å². The molecular weight excluding hydrogens is 875 g/mol. The number of allylic oxidation sites excluding steroid dienone is 3. The second-order valence-electron chi connectivity index (χ2n) is 21.5. The van der Waals surface area contributed by atoms with Gasteiger partial charge < -0.3 is 40.3 Å².